The van der Waals surface area contributed by atoms with Gasteiger partial charge in [0.15, 0.2) is 0 Å². The van der Waals surface area contributed by atoms with Gasteiger partial charge in [0, 0.05) is 34.4 Å². The minimum atomic E-state index is -0.799. The van der Waals surface area contributed by atoms with E-state index in [2.05, 4.69) is 10.6 Å². The molecule has 0 atom stereocenters. The monoisotopic (exact) mass is 398 g/mol. The highest BCUT2D eigenvalue weighted by Gasteiger charge is 2.29. The molecule has 0 radical (unpaired) electrons. The van der Waals surface area contributed by atoms with Crippen LogP contribution in [0.25, 0.3) is 0 Å². The molecule has 0 aliphatic heterocycles. The third-order valence-corrected chi connectivity index (χ3v) is 5.31. The normalized spacial score (nSPS) is 13.0. The van der Waals surface area contributed by atoms with Crippen molar-refractivity contribution in [1.82, 2.24) is 0 Å². The molecule has 1 fully saturated rings. The van der Waals surface area contributed by atoms with Crippen molar-refractivity contribution >= 4 is 40.9 Å². The van der Waals surface area contributed by atoms with Gasteiger partial charge < -0.3 is 15.7 Å². The molecule has 2 amide bonds. The van der Waals surface area contributed by atoms with Crippen molar-refractivity contribution in [2.45, 2.75) is 25.0 Å². The number of thioether (sulfide) groups is 1. The first-order valence-corrected chi connectivity index (χ1v) is 10.3. The van der Waals surface area contributed by atoms with E-state index in [9.17, 15) is 14.4 Å². The van der Waals surface area contributed by atoms with Crippen LogP contribution in [0.5, 0.6) is 0 Å². The SMILES string of the molecule is O=C(O)CCSCc1cccc(NC(=O)c2ccc(NC(=O)C3CC3)cc2)c1. The van der Waals surface area contributed by atoms with Crippen LogP contribution in [-0.2, 0) is 15.3 Å². The topological polar surface area (TPSA) is 95.5 Å². The molecule has 0 spiro atoms. The van der Waals surface area contributed by atoms with Crippen LogP contribution in [0.1, 0.15) is 35.2 Å². The van der Waals surface area contributed by atoms with Crippen molar-refractivity contribution in [3.8, 4) is 0 Å². The standard InChI is InChI=1S/C21H22N2O4S/c24-19(25)10-11-28-13-14-2-1-3-18(12-14)23-21(27)16-6-8-17(9-7-16)22-20(26)15-4-5-15/h1-3,6-9,12,15H,4-5,10-11,13H2,(H,22,26)(H,23,27)(H,24,25). The van der Waals surface area contributed by atoms with Crippen molar-refractivity contribution in [2.24, 2.45) is 5.92 Å². The Balaban J connectivity index is 1.52. The van der Waals surface area contributed by atoms with Crippen LogP contribution in [0.4, 0.5) is 11.4 Å². The number of anilines is 2. The van der Waals surface area contributed by atoms with Crippen molar-refractivity contribution in [2.75, 3.05) is 16.4 Å². The fourth-order valence-electron chi connectivity index (χ4n) is 2.59. The lowest BCUT2D eigenvalue weighted by Gasteiger charge is -2.09. The van der Waals surface area contributed by atoms with Gasteiger partial charge in [0.1, 0.15) is 0 Å². The van der Waals surface area contributed by atoms with Gasteiger partial charge in [-0.05, 0) is 54.8 Å². The van der Waals surface area contributed by atoms with Crippen LogP contribution in [0.3, 0.4) is 0 Å². The Kier molecular flexibility index (Phi) is 6.71. The predicted molar refractivity (Wildman–Crippen MR) is 111 cm³/mol. The number of carboxylic acid groups (broad SMARTS) is 1. The van der Waals surface area contributed by atoms with Gasteiger partial charge in [-0.1, -0.05) is 12.1 Å². The quantitative estimate of drug-likeness (QED) is 0.555. The van der Waals surface area contributed by atoms with Gasteiger partial charge in [-0.25, -0.2) is 0 Å². The summed E-state index contributed by atoms with van der Waals surface area (Å²) in [6.45, 7) is 0. The zero-order valence-corrected chi connectivity index (χ0v) is 16.1. The van der Waals surface area contributed by atoms with Gasteiger partial charge in [-0.3, -0.25) is 14.4 Å². The smallest absolute Gasteiger partial charge is 0.304 e. The van der Waals surface area contributed by atoms with E-state index in [1.807, 2.05) is 24.3 Å². The molecule has 6 nitrogen and oxygen atoms in total. The maximum Gasteiger partial charge on any atom is 0.304 e. The van der Waals surface area contributed by atoms with Crippen LogP contribution in [0.15, 0.2) is 48.5 Å². The summed E-state index contributed by atoms with van der Waals surface area (Å²) in [6, 6.07) is 14.3. The molecule has 2 aromatic rings. The molecule has 3 rings (SSSR count). The van der Waals surface area contributed by atoms with Crippen molar-refractivity contribution in [1.29, 1.82) is 0 Å². The number of nitrogens with one attached hydrogen (secondary N) is 2. The van der Waals surface area contributed by atoms with E-state index in [0.717, 1.165) is 18.4 Å². The molecule has 3 N–H and O–H groups in total. The summed E-state index contributed by atoms with van der Waals surface area (Å²) in [5.74, 6) is 0.386. The molecule has 0 bridgehead atoms. The minimum absolute atomic E-state index is 0.0373. The molecule has 2 aromatic carbocycles. The lowest BCUT2D eigenvalue weighted by atomic mass is 10.1. The summed E-state index contributed by atoms with van der Waals surface area (Å²) < 4.78 is 0. The molecule has 0 heterocycles. The zero-order chi connectivity index (χ0) is 19.9. The highest BCUT2D eigenvalue weighted by Crippen LogP contribution is 2.30. The van der Waals surface area contributed by atoms with Crippen molar-refractivity contribution in [3.05, 3.63) is 59.7 Å². The molecule has 28 heavy (non-hydrogen) atoms. The molecule has 7 heteroatoms. The lowest BCUT2D eigenvalue weighted by Crippen LogP contribution is -2.14. The Bertz CT molecular complexity index is 863. The van der Waals surface area contributed by atoms with Crippen LogP contribution < -0.4 is 10.6 Å². The van der Waals surface area contributed by atoms with E-state index in [0.29, 0.717) is 28.4 Å². The second kappa shape index (κ2) is 9.41. The van der Waals surface area contributed by atoms with Gasteiger partial charge in [0.2, 0.25) is 5.91 Å². The molecular formula is C21H22N2O4S. The summed E-state index contributed by atoms with van der Waals surface area (Å²) in [6.07, 6.45) is 2.03. The molecule has 146 valence electrons. The van der Waals surface area contributed by atoms with Gasteiger partial charge in [0.05, 0.1) is 6.42 Å². The van der Waals surface area contributed by atoms with Crippen LogP contribution >= 0.6 is 11.8 Å². The molecule has 0 unspecified atom stereocenters. The zero-order valence-electron chi connectivity index (χ0n) is 15.3. The first-order chi connectivity index (χ1) is 13.5. The number of carbonyl (C=O) groups is 3. The third-order valence-electron chi connectivity index (χ3n) is 4.28. The maximum absolute atomic E-state index is 12.4. The molecular weight excluding hydrogens is 376 g/mol. The van der Waals surface area contributed by atoms with Gasteiger partial charge in [-0.2, -0.15) is 11.8 Å². The number of carboxylic acids is 1. The predicted octanol–water partition coefficient (Wildman–Crippen LogP) is 4.00. The van der Waals surface area contributed by atoms with Gasteiger partial charge in [0.25, 0.3) is 5.91 Å². The Morgan fingerprint density at radius 2 is 1.75 bits per heavy atom. The number of amides is 2. The highest BCUT2D eigenvalue weighted by atomic mass is 32.2. The summed E-state index contributed by atoms with van der Waals surface area (Å²) in [5, 5.41) is 14.4. The summed E-state index contributed by atoms with van der Waals surface area (Å²) in [7, 11) is 0. The first kappa shape index (κ1) is 19.9. The molecule has 1 aliphatic rings. The Labute approximate surface area is 167 Å². The fourth-order valence-corrected chi connectivity index (χ4v) is 3.46. The number of hydrogen-bond acceptors (Lipinski definition) is 4. The second-order valence-corrected chi connectivity index (χ2v) is 7.80. The van der Waals surface area contributed by atoms with E-state index in [4.69, 9.17) is 5.11 Å². The van der Waals surface area contributed by atoms with E-state index >= 15 is 0 Å². The third kappa shape index (κ3) is 6.13. The average molecular weight is 398 g/mol. The number of aliphatic carboxylic acids is 1. The van der Waals surface area contributed by atoms with E-state index in [1.165, 1.54) is 0 Å². The lowest BCUT2D eigenvalue weighted by molar-refractivity contribution is -0.136. The Morgan fingerprint density at radius 1 is 1.00 bits per heavy atom. The first-order valence-electron chi connectivity index (χ1n) is 9.12. The number of benzene rings is 2. The molecule has 0 saturated heterocycles. The van der Waals surface area contributed by atoms with Crippen LogP contribution in [0.2, 0.25) is 0 Å². The summed E-state index contributed by atoms with van der Waals surface area (Å²) >= 11 is 1.54. The van der Waals surface area contributed by atoms with Crippen LogP contribution in [0, 0.1) is 5.92 Å². The van der Waals surface area contributed by atoms with Crippen molar-refractivity contribution in [3.63, 3.8) is 0 Å². The molecule has 0 aromatic heterocycles. The fraction of sp³-hybridized carbons (Fsp3) is 0.286. The largest absolute Gasteiger partial charge is 0.481 e. The van der Waals surface area contributed by atoms with E-state index < -0.39 is 5.97 Å². The molecule has 1 saturated carbocycles. The summed E-state index contributed by atoms with van der Waals surface area (Å²) in [4.78, 5) is 34.8. The maximum atomic E-state index is 12.4. The molecule has 1 aliphatic carbocycles. The van der Waals surface area contributed by atoms with Crippen LogP contribution in [-0.4, -0.2) is 28.6 Å². The number of rotatable bonds is 9. The van der Waals surface area contributed by atoms with Gasteiger partial charge >= 0.3 is 5.97 Å². The highest BCUT2D eigenvalue weighted by molar-refractivity contribution is 7.98. The number of carbonyl (C=O) groups excluding carboxylic acids is 2. The van der Waals surface area contributed by atoms with E-state index in [-0.39, 0.29) is 24.2 Å². The number of hydrogen-bond donors (Lipinski definition) is 3. The van der Waals surface area contributed by atoms with E-state index in [1.54, 1.807) is 36.0 Å². The van der Waals surface area contributed by atoms with Crippen molar-refractivity contribution < 1.29 is 19.5 Å². The summed E-state index contributed by atoms with van der Waals surface area (Å²) in [5.41, 5.74) is 2.90. The Morgan fingerprint density at radius 3 is 2.43 bits per heavy atom. The second-order valence-electron chi connectivity index (χ2n) is 6.69. The minimum Gasteiger partial charge on any atom is -0.481 e. The van der Waals surface area contributed by atoms with Gasteiger partial charge in [-0.15, -0.1) is 0 Å². The average Bonchev–Trinajstić information content (AvgIpc) is 3.51. The Hall–Kier alpha value is -2.80.